The minimum atomic E-state index is 0.117. The Labute approximate surface area is 285 Å². The highest BCUT2D eigenvalue weighted by Crippen LogP contribution is 2.55. The van der Waals surface area contributed by atoms with Gasteiger partial charge in [0.05, 0.1) is 5.69 Å². The summed E-state index contributed by atoms with van der Waals surface area (Å²) in [5.74, 6) is 0.247. The molecule has 0 spiro atoms. The molecule has 0 bridgehead atoms. The van der Waals surface area contributed by atoms with E-state index >= 15 is 0 Å². The summed E-state index contributed by atoms with van der Waals surface area (Å²) in [5, 5.41) is 0. The lowest BCUT2D eigenvalue weighted by Crippen LogP contribution is -2.04. The average Bonchev–Trinajstić information content (AvgIpc) is 3.63. The molecule has 2 aliphatic carbocycles. The van der Waals surface area contributed by atoms with Gasteiger partial charge < -0.3 is 0 Å². The Morgan fingerprint density at radius 2 is 0.783 bits per heavy atom. The lowest BCUT2D eigenvalue weighted by molar-refractivity contribution is 1.01. The molecule has 0 radical (unpaired) electrons. The van der Waals surface area contributed by atoms with Gasteiger partial charge in [0, 0.05) is 38.1 Å². The van der Waals surface area contributed by atoms with Gasteiger partial charge in [0.2, 0.25) is 0 Å². The van der Waals surface area contributed by atoms with Gasteiger partial charge in [-0.25, -0.2) is 0 Å². The zero-order chi connectivity index (χ0) is 30.8. The summed E-state index contributed by atoms with van der Waals surface area (Å²) in [5.41, 5.74) is 17.7. The number of aromatic nitrogens is 1. The molecule has 3 heteroatoms. The predicted octanol–water partition coefficient (Wildman–Crippen LogP) is 12.3. The van der Waals surface area contributed by atoms with Gasteiger partial charge in [-0.05, 0) is 91.5 Å². The van der Waals surface area contributed by atoms with Crippen molar-refractivity contribution in [2.75, 3.05) is 0 Å². The van der Waals surface area contributed by atoms with Gasteiger partial charge in [0.1, 0.15) is 0 Å². The van der Waals surface area contributed by atoms with E-state index in [-0.39, 0.29) is 11.8 Å². The molecule has 1 heterocycles. The first-order valence-electron chi connectivity index (χ1n) is 15.6. The van der Waals surface area contributed by atoms with Crippen LogP contribution in [0.4, 0.5) is 0 Å². The fourth-order valence-electron chi connectivity index (χ4n) is 7.80. The van der Waals surface area contributed by atoms with Gasteiger partial charge in [0.25, 0.3) is 0 Å². The van der Waals surface area contributed by atoms with Crippen LogP contribution >= 0.6 is 31.9 Å². The first kappa shape index (κ1) is 27.7. The Kier molecular flexibility index (Phi) is 6.66. The molecule has 2 atom stereocenters. The van der Waals surface area contributed by atoms with E-state index in [9.17, 15) is 0 Å². The molecule has 1 nitrogen and oxygen atoms in total. The molecule has 0 aliphatic heterocycles. The lowest BCUT2D eigenvalue weighted by Gasteiger charge is -2.22. The van der Waals surface area contributed by atoms with E-state index in [0.717, 1.165) is 20.2 Å². The molecule has 7 aromatic rings. The van der Waals surface area contributed by atoms with Crippen LogP contribution in [0.5, 0.6) is 0 Å². The molecule has 0 amide bonds. The molecular weight excluding hydrogens is 690 g/mol. The number of hydrogen-bond acceptors (Lipinski definition) is 1. The molecule has 2 aliphatic rings. The smallest absolute Gasteiger partial charge is 0.0783 e. The minimum Gasteiger partial charge on any atom is -0.256 e. The lowest BCUT2D eigenvalue weighted by atomic mass is 9.82. The fourth-order valence-corrected chi connectivity index (χ4v) is 8.33. The maximum absolute atomic E-state index is 5.18. The van der Waals surface area contributed by atoms with Crippen LogP contribution < -0.4 is 0 Å². The summed E-state index contributed by atoms with van der Waals surface area (Å²) < 4.78 is 2.17. The Hall–Kier alpha value is -4.57. The second-order valence-electron chi connectivity index (χ2n) is 12.1. The maximum atomic E-state index is 5.18. The predicted molar refractivity (Wildman–Crippen MR) is 196 cm³/mol. The van der Waals surface area contributed by atoms with Crippen molar-refractivity contribution in [3.63, 3.8) is 0 Å². The van der Waals surface area contributed by atoms with Crippen molar-refractivity contribution in [3.8, 4) is 44.6 Å². The fraction of sp³-hybridized carbons (Fsp3) is 0.0465. The molecule has 0 saturated heterocycles. The van der Waals surface area contributed by atoms with Gasteiger partial charge in [-0.2, -0.15) is 0 Å². The van der Waals surface area contributed by atoms with Crippen LogP contribution in [0.1, 0.15) is 45.2 Å². The minimum absolute atomic E-state index is 0.117. The number of nitrogens with zero attached hydrogens (tertiary/aromatic N) is 1. The topological polar surface area (TPSA) is 12.9 Å². The number of rotatable bonds is 4. The number of benzene rings is 6. The monoisotopic (exact) mass is 715 g/mol. The molecular formula is C43H27Br2N. The molecule has 0 N–H and O–H groups in total. The Balaban J connectivity index is 1.29. The summed E-state index contributed by atoms with van der Waals surface area (Å²) >= 11 is 7.31. The molecule has 218 valence electrons. The summed E-state index contributed by atoms with van der Waals surface area (Å²) in [6.45, 7) is 0. The zero-order valence-electron chi connectivity index (χ0n) is 24.8. The van der Waals surface area contributed by atoms with Gasteiger partial charge >= 0.3 is 0 Å². The molecule has 46 heavy (non-hydrogen) atoms. The van der Waals surface area contributed by atoms with Crippen LogP contribution in [0.15, 0.2) is 161 Å². The maximum Gasteiger partial charge on any atom is 0.0783 e. The van der Waals surface area contributed by atoms with E-state index in [1.165, 1.54) is 66.8 Å². The molecule has 0 saturated carbocycles. The Morgan fingerprint density at radius 1 is 0.370 bits per heavy atom. The van der Waals surface area contributed by atoms with Gasteiger partial charge in [-0.15, -0.1) is 0 Å². The second-order valence-corrected chi connectivity index (χ2v) is 13.9. The number of hydrogen-bond donors (Lipinski definition) is 0. The van der Waals surface area contributed by atoms with Crippen LogP contribution in [0.3, 0.4) is 0 Å². The molecule has 9 rings (SSSR count). The van der Waals surface area contributed by atoms with Crippen molar-refractivity contribution < 1.29 is 0 Å². The van der Waals surface area contributed by atoms with Gasteiger partial charge in [-0.1, -0.05) is 147 Å². The van der Waals surface area contributed by atoms with Crippen molar-refractivity contribution in [1.82, 2.24) is 4.98 Å². The van der Waals surface area contributed by atoms with Gasteiger partial charge in [0.15, 0.2) is 0 Å². The van der Waals surface area contributed by atoms with Gasteiger partial charge in [-0.3, -0.25) is 4.98 Å². The highest BCUT2D eigenvalue weighted by molar-refractivity contribution is 9.10. The number of fused-ring (bicyclic) bond motifs is 6. The third-order valence-corrected chi connectivity index (χ3v) is 10.7. The average molecular weight is 718 g/mol. The van der Waals surface area contributed by atoms with E-state index in [0.29, 0.717) is 0 Å². The van der Waals surface area contributed by atoms with Crippen LogP contribution in [-0.2, 0) is 0 Å². The molecule has 1 aromatic heterocycles. The SMILES string of the molecule is Brc1ccc(C2c3ccccc3-c3cccc(-c4cccnc4-c4cccc5c4C(c4ccc(Br)cc4)c4ccccc4-5)c32)cc1. The Bertz CT molecular complexity index is 2120. The van der Waals surface area contributed by atoms with Crippen LogP contribution in [-0.4, -0.2) is 4.98 Å². The standard InChI is InChI=1S/C43H27Br2N/c44-28-21-17-26(18-22-28)39-32-10-3-1-8-30(32)34-12-5-14-36(41(34)39)37-16-7-25-46-43(37)38-15-6-13-35-31-9-2-4-11-33(31)40(42(35)38)27-19-23-29(45)24-20-27/h1-25,39-40H. The molecule has 0 fully saturated rings. The number of halogens is 2. The highest BCUT2D eigenvalue weighted by atomic mass is 79.9. The molecule has 6 aromatic carbocycles. The largest absolute Gasteiger partial charge is 0.256 e. The first-order chi connectivity index (χ1) is 22.7. The highest BCUT2D eigenvalue weighted by Gasteiger charge is 2.35. The van der Waals surface area contributed by atoms with Crippen LogP contribution in [0, 0.1) is 0 Å². The third-order valence-electron chi connectivity index (χ3n) is 9.67. The summed E-state index contributed by atoms with van der Waals surface area (Å²) in [4.78, 5) is 5.18. The van der Waals surface area contributed by atoms with Crippen molar-refractivity contribution >= 4 is 31.9 Å². The zero-order valence-corrected chi connectivity index (χ0v) is 28.0. The number of pyridine rings is 1. The quantitative estimate of drug-likeness (QED) is 0.177. The third kappa shape index (κ3) is 4.30. The summed E-state index contributed by atoms with van der Waals surface area (Å²) in [6.07, 6.45) is 1.94. The van der Waals surface area contributed by atoms with Crippen molar-refractivity contribution in [2.24, 2.45) is 0 Å². The van der Waals surface area contributed by atoms with E-state index in [2.05, 4.69) is 177 Å². The summed E-state index contributed by atoms with van der Waals surface area (Å²) in [7, 11) is 0. The Morgan fingerprint density at radius 3 is 1.33 bits per heavy atom. The van der Waals surface area contributed by atoms with E-state index in [1.54, 1.807) is 0 Å². The van der Waals surface area contributed by atoms with E-state index in [4.69, 9.17) is 4.98 Å². The van der Waals surface area contributed by atoms with Crippen molar-refractivity contribution in [3.05, 3.63) is 194 Å². The molecule has 2 unspecified atom stereocenters. The van der Waals surface area contributed by atoms with Crippen molar-refractivity contribution in [2.45, 2.75) is 11.8 Å². The van der Waals surface area contributed by atoms with Crippen LogP contribution in [0.2, 0.25) is 0 Å². The summed E-state index contributed by atoms with van der Waals surface area (Å²) in [6, 6.07) is 53.2. The second kappa shape index (κ2) is 11.0. The van der Waals surface area contributed by atoms with Crippen LogP contribution in [0.25, 0.3) is 44.6 Å². The van der Waals surface area contributed by atoms with E-state index in [1.807, 2.05) is 6.20 Å². The normalized spacial score (nSPS) is 15.6. The van der Waals surface area contributed by atoms with Crippen molar-refractivity contribution in [1.29, 1.82) is 0 Å². The first-order valence-corrected chi connectivity index (χ1v) is 17.2. The van der Waals surface area contributed by atoms with E-state index < -0.39 is 0 Å².